The molecule has 1 fully saturated rings. The number of piperidine rings is 1. The SMILES string of the molecule is CCN(CC)CC1CCN(C(=O)c2cccc(N)c2)CC1. The zero-order valence-corrected chi connectivity index (χ0v) is 13.2. The van der Waals surface area contributed by atoms with Crippen LogP contribution in [0.5, 0.6) is 0 Å². The Hall–Kier alpha value is -1.55. The molecule has 0 radical (unpaired) electrons. The molecule has 0 bridgehead atoms. The summed E-state index contributed by atoms with van der Waals surface area (Å²) in [5.74, 6) is 0.832. The summed E-state index contributed by atoms with van der Waals surface area (Å²) in [6, 6.07) is 7.27. The molecule has 0 atom stereocenters. The van der Waals surface area contributed by atoms with Crippen molar-refractivity contribution < 1.29 is 4.79 Å². The van der Waals surface area contributed by atoms with Crippen molar-refractivity contribution in [2.45, 2.75) is 26.7 Å². The van der Waals surface area contributed by atoms with E-state index in [4.69, 9.17) is 5.73 Å². The molecular weight excluding hydrogens is 262 g/mol. The van der Waals surface area contributed by atoms with Crippen LogP contribution in [0.4, 0.5) is 5.69 Å². The van der Waals surface area contributed by atoms with Gasteiger partial charge in [-0.1, -0.05) is 19.9 Å². The number of nitrogen functional groups attached to an aromatic ring is 1. The Morgan fingerprint density at radius 1 is 1.29 bits per heavy atom. The minimum atomic E-state index is 0.114. The summed E-state index contributed by atoms with van der Waals surface area (Å²) in [6.07, 6.45) is 2.20. The Labute approximate surface area is 127 Å². The average molecular weight is 289 g/mol. The van der Waals surface area contributed by atoms with E-state index in [0.29, 0.717) is 11.3 Å². The molecule has 21 heavy (non-hydrogen) atoms. The summed E-state index contributed by atoms with van der Waals surface area (Å²) in [4.78, 5) is 16.9. The third-order valence-electron chi connectivity index (χ3n) is 4.45. The number of anilines is 1. The second kappa shape index (κ2) is 7.46. The minimum Gasteiger partial charge on any atom is -0.399 e. The number of amides is 1. The van der Waals surface area contributed by atoms with Crippen LogP contribution in [0.1, 0.15) is 37.0 Å². The number of benzene rings is 1. The lowest BCUT2D eigenvalue weighted by Gasteiger charge is -2.34. The van der Waals surface area contributed by atoms with E-state index in [2.05, 4.69) is 18.7 Å². The number of carbonyl (C=O) groups excluding carboxylic acids is 1. The molecule has 1 aromatic rings. The summed E-state index contributed by atoms with van der Waals surface area (Å²) in [6.45, 7) is 9.52. The van der Waals surface area contributed by atoms with Gasteiger partial charge in [-0.25, -0.2) is 0 Å². The summed E-state index contributed by atoms with van der Waals surface area (Å²) in [7, 11) is 0. The third kappa shape index (κ3) is 4.21. The van der Waals surface area contributed by atoms with Gasteiger partial charge in [-0.3, -0.25) is 4.79 Å². The highest BCUT2D eigenvalue weighted by atomic mass is 16.2. The Bertz CT molecular complexity index is 463. The maximum atomic E-state index is 12.5. The molecule has 1 aromatic carbocycles. The Balaban J connectivity index is 1.87. The zero-order chi connectivity index (χ0) is 15.2. The Morgan fingerprint density at radius 2 is 1.95 bits per heavy atom. The quantitative estimate of drug-likeness (QED) is 0.847. The smallest absolute Gasteiger partial charge is 0.253 e. The van der Waals surface area contributed by atoms with Crippen LogP contribution in [0.25, 0.3) is 0 Å². The van der Waals surface area contributed by atoms with Gasteiger partial charge in [-0.05, 0) is 50.0 Å². The zero-order valence-electron chi connectivity index (χ0n) is 13.2. The van der Waals surface area contributed by atoms with Gasteiger partial charge in [-0.2, -0.15) is 0 Å². The van der Waals surface area contributed by atoms with Crippen LogP contribution in [0.2, 0.25) is 0 Å². The normalized spacial score (nSPS) is 16.4. The molecule has 2 rings (SSSR count). The Morgan fingerprint density at radius 3 is 2.52 bits per heavy atom. The van der Waals surface area contributed by atoms with E-state index in [1.807, 2.05) is 23.1 Å². The predicted molar refractivity (Wildman–Crippen MR) is 87.3 cm³/mol. The van der Waals surface area contributed by atoms with E-state index in [-0.39, 0.29) is 5.91 Å². The van der Waals surface area contributed by atoms with Crippen molar-refractivity contribution >= 4 is 11.6 Å². The number of nitrogens with zero attached hydrogens (tertiary/aromatic N) is 2. The van der Waals surface area contributed by atoms with Gasteiger partial charge >= 0.3 is 0 Å². The van der Waals surface area contributed by atoms with Gasteiger partial charge in [0, 0.05) is 30.9 Å². The Kier molecular flexibility index (Phi) is 5.62. The molecule has 0 aliphatic carbocycles. The standard InChI is InChI=1S/C17H27N3O/c1-3-19(4-2)13-14-8-10-20(11-9-14)17(21)15-6-5-7-16(18)12-15/h5-7,12,14H,3-4,8-11,13,18H2,1-2H3. The topological polar surface area (TPSA) is 49.6 Å². The van der Waals surface area contributed by atoms with Gasteiger partial charge in [0.15, 0.2) is 0 Å². The number of nitrogens with two attached hydrogens (primary N) is 1. The lowest BCUT2D eigenvalue weighted by atomic mass is 9.95. The second-order valence-electron chi connectivity index (χ2n) is 5.85. The highest BCUT2D eigenvalue weighted by Crippen LogP contribution is 2.20. The first-order valence-corrected chi connectivity index (χ1v) is 8.01. The van der Waals surface area contributed by atoms with E-state index in [9.17, 15) is 4.79 Å². The highest BCUT2D eigenvalue weighted by Gasteiger charge is 2.24. The van der Waals surface area contributed by atoms with Crippen molar-refractivity contribution in [2.75, 3.05) is 38.5 Å². The molecule has 0 aromatic heterocycles. The maximum Gasteiger partial charge on any atom is 0.253 e. The van der Waals surface area contributed by atoms with Crippen molar-refractivity contribution in [3.8, 4) is 0 Å². The van der Waals surface area contributed by atoms with Gasteiger partial charge in [0.05, 0.1) is 0 Å². The molecule has 1 aliphatic heterocycles. The summed E-state index contributed by atoms with van der Waals surface area (Å²) in [5, 5.41) is 0. The van der Waals surface area contributed by atoms with E-state index in [0.717, 1.165) is 51.5 Å². The molecule has 0 unspecified atom stereocenters. The molecule has 1 saturated heterocycles. The first-order valence-electron chi connectivity index (χ1n) is 8.01. The van der Waals surface area contributed by atoms with Gasteiger partial charge in [-0.15, -0.1) is 0 Å². The molecule has 0 saturated carbocycles. The molecule has 1 aliphatic rings. The average Bonchev–Trinajstić information content (AvgIpc) is 2.52. The second-order valence-corrected chi connectivity index (χ2v) is 5.85. The molecule has 4 heteroatoms. The van der Waals surface area contributed by atoms with Gasteiger partial charge < -0.3 is 15.5 Å². The molecule has 1 heterocycles. The van der Waals surface area contributed by atoms with Crippen LogP contribution in [0.3, 0.4) is 0 Å². The van der Waals surface area contributed by atoms with E-state index in [1.165, 1.54) is 0 Å². The fourth-order valence-corrected chi connectivity index (χ4v) is 3.02. The first-order chi connectivity index (χ1) is 10.1. The van der Waals surface area contributed by atoms with Crippen LogP contribution in [0.15, 0.2) is 24.3 Å². The van der Waals surface area contributed by atoms with Gasteiger partial charge in [0.2, 0.25) is 0 Å². The third-order valence-corrected chi connectivity index (χ3v) is 4.45. The maximum absolute atomic E-state index is 12.5. The molecule has 116 valence electrons. The number of likely N-dealkylation sites (tertiary alicyclic amines) is 1. The number of rotatable bonds is 5. The molecule has 2 N–H and O–H groups in total. The molecular formula is C17H27N3O. The van der Waals surface area contributed by atoms with Gasteiger partial charge in [0.25, 0.3) is 5.91 Å². The fourth-order valence-electron chi connectivity index (χ4n) is 3.02. The summed E-state index contributed by atoms with van der Waals surface area (Å²) >= 11 is 0. The van der Waals surface area contributed by atoms with E-state index < -0.39 is 0 Å². The largest absolute Gasteiger partial charge is 0.399 e. The lowest BCUT2D eigenvalue weighted by Crippen LogP contribution is -2.41. The predicted octanol–water partition coefficient (Wildman–Crippen LogP) is 2.46. The van der Waals surface area contributed by atoms with Crippen LogP contribution in [0, 0.1) is 5.92 Å². The summed E-state index contributed by atoms with van der Waals surface area (Å²) < 4.78 is 0. The molecule has 1 amide bonds. The molecule has 4 nitrogen and oxygen atoms in total. The number of hydrogen-bond acceptors (Lipinski definition) is 3. The number of carbonyl (C=O) groups is 1. The van der Waals surface area contributed by atoms with Crippen LogP contribution < -0.4 is 5.73 Å². The minimum absolute atomic E-state index is 0.114. The van der Waals surface area contributed by atoms with Crippen molar-refractivity contribution in [1.82, 2.24) is 9.80 Å². The number of hydrogen-bond donors (Lipinski definition) is 1. The van der Waals surface area contributed by atoms with Crippen LogP contribution in [-0.2, 0) is 0 Å². The van der Waals surface area contributed by atoms with Crippen molar-refractivity contribution in [2.24, 2.45) is 5.92 Å². The summed E-state index contributed by atoms with van der Waals surface area (Å²) in [5.41, 5.74) is 7.11. The molecule has 0 spiro atoms. The van der Waals surface area contributed by atoms with Crippen LogP contribution >= 0.6 is 0 Å². The lowest BCUT2D eigenvalue weighted by molar-refractivity contribution is 0.0669. The van der Waals surface area contributed by atoms with Gasteiger partial charge in [0.1, 0.15) is 0 Å². The van der Waals surface area contributed by atoms with Crippen molar-refractivity contribution in [3.05, 3.63) is 29.8 Å². The van der Waals surface area contributed by atoms with Crippen LogP contribution in [-0.4, -0.2) is 48.4 Å². The van der Waals surface area contributed by atoms with E-state index in [1.54, 1.807) is 6.07 Å². The van der Waals surface area contributed by atoms with Crippen molar-refractivity contribution in [3.63, 3.8) is 0 Å². The fraction of sp³-hybridized carbons (Fsp3) is 0.588. The first kappa shape index (κ1) is 15.8. The highest BCUT2D eigenvalue weighted by molar-refractivity contribution is 5.95. The van der Waals surface area contributed by atoms with Crippen molar-refractivity contribution in [1.29, 1.82) is 0 Å². The monoisotopic (exact) mass is 289 g/mol. The van der Waals surface area contributed by atoms with E-state index >= 15 is 0 Å².